The van der Waals surface area contributed by atoms with Crippen molar-refractivity contribution in [2.45, 2.75) is 39.5 Å². The second kappa shape index (κ2) is 8.92. The molecular weight excluding hydrogens is 290 g/mol. The number of benzene rings is 1. The highest BCUT2D eigenvalue weighted by atomic mass is 16.5. The molecule has 0 amide bonds. The lowest BCUT2D eigenvalue weighted by molar-refractivity contribution is -0.143. The Morgan fingerprint density at radius 1 is 1.43 bits per heavy atom. The predicted molar refractivity (Wildman–Crippen MR) is 91.8 cm³/mol. The summed E-state index contributed by atoms with van der Waals surface area (Å²) in [4.78, 5) is 11.7. The molecule has 1 fully saturated rings. The van der Waals surface area contributed by atoms with Crippen molar-refractivity contribution in [3.8, 4) is 5.75 Å². The Kier molecular flexibility index (Phi) is 6.90. The average Bonchev–Trinajstić information content (AvgIpc) is 2.53. The van der Waals surface area contributed by atoms with Gasteiger partial charge >= 0.3 is 5.97 Å². The number of carbonyl (C=O) groups is 1. The maximum atomic E-state index is 11.7. The second-order valence-corrected chi connectivity index (χ2v) is 6.93. The molecule has 0 unspecified atom stereocenters. The minimum Gasteiger partial charge on any atom is -0.494 e. The van der Waals surface area contributed by atoms with Crippen LogP contribution in [0.2, 0.25) is 0 Å². The van der Waals surface area contributed by atoms with Gasteiger partial charge in [0.25, 0.3) is 0 Å². The molecule has 1 saturated heterocycles. The largest absolute Gasteiger partial charge is 0.494 e. The van der Waals surface area contributed by atoms with Crippen molar-refractivity contribution in [3.05, 3.63) is 29.8 Å². The summed E-state index contributed by atoms with van der Waals surface area (Å²) in [6.45, 7) is 6.87. The number of hydrogen-bond acceptors (Lipinski definition) is 3. The van der Waals surface area contributed by atoms with Crippen LogP contribution in [0.15, 0.2) is 24.3 Å². The molecule has 1 aliphatic heterocycles. The Bertz CT molecular complexity index is 495. The zero-order chi connectivity index (χ0) is 16.7. The summed E-state index contributed by atoms with van der Waals surface area (Å²) in [5.74, 6) is 0.660. The van der Waals surface area contributed by atoms with E-state index in [1.165, 1.54) is 0 Å². The van der Waals surface area contributed by atoms with Gasteiger partial charge in [0, 0.05) is 0 Å². The van der Waals surface area contributed by atoms with Gasteiger partial charge < -0.3 is 15.2 Å². The molecule has 2 atom stereocenters. The molecule has 128 valence electrons. The molecule has 0 aliphatic carbocycles. The lowest BCUT2D eigenvalue weighted by Gasteiger charge is -2.28. The minimum absolute atomic E-state index is 0.215. The SMILES string of the molecule is CC(C)CCOc1cccc(C[C@H](C(=O)O)[C@H]2CCCNC2)c1. The van der Waals surface area contributed by atoms with Gasteiger partial charge in [-0.15, -0.1) is 0 Å². The Morgan fingerprint density at radius 3 is 2.91 bits per heavy atom. The van der Waals surface area contributed by atoms with E-state index < -0.39 is 5.97 Å². The lowest BCUT2D eigenvalue weighted by atomic mass is 9.82. The Morgan fingerprint density at radius 2 is 2.26 bits per heavy atom. The molecule has 23 heavy (non-hydrogen) atoms. The third kappa shape index (κ3) is 5.87. The standard InChI is InChI=1S/C19H29NO3/c1-14(2)8-10-23-17-7-3-5-15(11-17)12-18(19(21)22)16-6-4-9-20-13-16/h3,5,7,11,14,16,18,20H,4,6,8-10,12-13H2,1-2H3,(H,21,22)/t16-,18-/m0/s1. The smallest absolute Gasteiger partial charge is 0.307 e. The van der Waals surface area contributed by atoms with Crippen LogP contribution in [-0.2, 0) is 11.2 Å². The first-order chi connectivity index (χ1) is 11.1. The fourth-order valence-corrected chi connectivity index (χ4v) is 3.11. The number of rotatable bonds is 8. The molecule has 4 nitrogen and oxygen atoms in total. The van der Waals surface area contributed by atoms with Crippen LogP contribution in [0.5, 0.6) is 5.75 Å². The van der Waals surface area contributed by atoms with Crippen molar-refractivity contribution in [3.63, 3.8) is 0 Å². The van der Waals surface area contributed by atoms with E-state index >= 15 is 0 Å². The highest BCUT2D eigenvalue weighted by molar-refractivity contribution is 5.71. The van der Waals surface area contributed by atoms with Gasteiger partial charge in [-0.2, -0.15) is 0 Å². The van der Waals surface area contributed by atoms with Gasteiger partial charge in [0.15, 0.2) is 0 Å². The fraction of sp³-hybridized carbons (Fsp3) is 0.632. The highest BCUT2D eigenvalue weighted by Gasteiger charge is 2.29. The summed E-state index contributed by atoms with van der Waals surface area (Å²) in [7, 11) is 0. The van der Waals surface area contributed by atoms with Crippen LogP contribution >= 0.6 is 0 Å². The molecule has 1 aromatic rings. The number of hydrogen-bond donors (Lipinski definition) is 2. The molecule has 2 rings (SSSR count). The number of nitrogens with one attached hydrogen (secondary N) is 1. The van der Waals surface area contributed by atoms with Crippen LogP contribution in [-0.4, -0.2) is 30.8 Å². The van der Waals surface area contributed by atoms with Gasteiger partial charge in [0.05, 0.1) is 12.5 Å². The van der Waals surface area contributed by atoms with Crippen LogP contribution in [0.25, 0.3) is 0 Å². The molecular formula is C19H29NO3. The third-order valence-electron chi connectivity index (χ3n) is 4.54. The van der Waals surface area contributed by atoms with Crippen LogP contribution in [0.4, 0.5) is 0 Å². The quantitative estimate of drug-likeness (QED) is 0.771. The number of carboxylic acids is 1. The zero-order valence-corrected chi connectivity index (χ0v) is 14.3. The maximum Gasteiger partial charge on any atom is 0.307 e. The third-order valence-corrected chi connectivity index (χ3v) is 4.54. The van der Waals surface area contributed by atoms with E-state index in [1.54, 1.807) is 0 Å². The Labute approximate surface area is 139 Å². The van der Waals surface area contributed by atoms with E-state index in [1.807, 2.05) is 24.3 Å². The fourth-order valence-electron chi connectivity index (χ4n) is 3.11. The molecule has 1 aromatic carbocycles. The van der Waals surface area contributed by atoms with Crippen LogP contribution < -0.4 is 10.1 Å². The van der Waals surface area contributed by atoms with Crippen LogP contribution in [0, 0.1) is 17.8 Å². The van der Waals surface area contributed by atoms with Gasteiger partial charge in [-0.25, -0.2) is 0 Å². The summed E-state index contributed by atoms with van der Waals surface area (Å²) >= 11 is 0. The second-order valence-electron chi connectivity index (χ2n) is 6.93. The first-order valence-electron chi connectivity index (χ1n) is 8.71. The minimum atomic E-state index is -0.690. The zero-order valence-electron chi connectivity index (χ0n) is 14.3. The molecule has 1 aliphatic rings. The van der Waals surface area contributed by atoms with Gasteiger partial charge in [-0.3, -0.25) is 4.79 Å². The number of ether oxygens (including phenoxy) is 1. The molecule has 0 aromatic heterocycles. The monoisotopic (exact) mass is 319 g/mol. The Hall–Kier alpha value is -1.55. The predicted octanol–water partition coefficient (Wildman–Crippen LogP) is 3.35. The van der Waals surface area contributed by atoms with Gasteiger partial charge in [0.1, 0.15) is 5.75 Å². The summed E-state index contributed by atoms with van der Waals surface area (Å²) in [6.07, 6.45) is 3.65. The Balaban J connectivity index is 1.97. The van der Waals surface area contributed by atoms with Crippen molar-refractivity contribution in [2.75, 3.05) is 19.7 Å². The lowest BCUT2D eigenvalue weighted by Crippen LogP contribution is -2.38. The van der Waals surface area contributed by atoms with Crippen LogP contribution in [0.3, 0.4) is 0 Å². The van der Waals surface area contributed by atoms with E-state index in [-0.39, 0.29) is 11.8 Å². The normalized spacial score (nSPS) is 19.5. The van der Waals surface area contributed by atoms with Crippen molar-refractivity contribution < 1.29 is 14.6 Å². The molecule has 0 radical (unpaired) electrons. The van der Waals surface area contributed by atoms with E-state index in [9.17, 15) is 9.90 Å². The van der Waals surface area contributed by atoms with Crippen molar-refractivity contribution in [1.82, 2.24) is 5.32 Å². The van der Waals surface area contributed by atoms with Crippen molar-refractivity contribution in [2.24, 2.45) is 17.8 Å². The first-order valence-corrected chi connectivity index (χ1v) is 8.71. The van der Waals surface area contributed by atoms with E-state index in [0.29, 0.717) is 18.9 Å². The molecule has 1 heterocycles. The van der Waals surface area contributed by atoms with Gasteiger partial charge in [-0.05, 0) is 68.3 Å². The average molecular weight is 319 g/mol. The van der Waals surface area contributed by atoms with E-state index in [4.69, 9.17) is 4.74 Å². The molecule has 0 bridgehead atoms. The van der Waals surface area contributed by atoms with Crippen molar-refractivity contribution in [1.29, 1.82) is 0 Å². The first kappa shape index (κ1) is 17.8. The maximum absolute atomic E-state index is 11.7. The summed E-state index contributed by atoms with van der Waals surface area (Å²) in [5.41, 5.74) is 1.05. The number of carboxylic acid groups (broad SMARTS) is 1. The molecule has 0 spiro atoms. The van der Waals surface area contributed by atoms with Gasteiger partial charge in [-0.1, -0.05) is 26.0 Å². The van der Waals surface area contributed by atoms with Gasteiger partial charge in [0.2, 0.25) is 0 Å². The van der Waals surface area contributed by atoms with E-state index in [0.717, 1.165) is 43.7 Å². The number of piperidine rings is 1. The van der Waals surface area contributed by atoms with Crippen molar-refractivity contribution >= 4 is 5.97 Å². The molecule has 4 heteroatoms. The van der Waals surface area contributed by atoms with E-state index in [2.05, 4.69) is 19.2 Å². The van der Waals surface area contributed by atoms with Crippen LogP contribution in [0.1, 0.15) is 38.7 Å². The number of aliphatic carboxylic acids is 1. The summed E-state index contributed by atoms with van der Waals surface area (Å²) in [5, 5.41) is 12.9. The summed E-state index contributed by atoms with van der Waals surface area (Å²) < 4.78 is 5.79. The molecule has 2 N–H and O–H groups in total. The highest BCUT2D eigenvalue weighted by Crippen LogP contribution is 2.25. The summed E-state index contributed by atoms with van der Waals surface area (Å²) in [6, 6.07) is 7.90. The topological polar surface area (TPSA) is 58.6 Å². The molecule has 0 saturated carbocycles.